The number of rotatable bonds is 6. The van der Waals surface area contributed by atoms with Crippen molar-refractivity contribution in [2.75, 3.05) is 28.7 Å². The Kier molecular flexibility index (Phi) is 6.09. The number of benzene rings is 2. The van der Waals surface area contributed by atoms with Crippen LogP contribution in [0.5, 0.6) is 0 Å². The van der Waals surface area contributed by atoms with Crippen LogP contribution >= 0.6 is 11.6 Å². The molecule has 11 heteroatoms. The molecule has 0 spiro atoms. The van der Waals surface area contributed by atoms with Crippen LogP contribution in [0.15, 0.2) is 77.9 Å². The average Bonchev–Trinajstić information content (AvgIpc) is 2.86. The molecule has 5 rings (SSSR count). The van der Waals surface area contributed by atoms with E-state index in [0.29, 0.717) is 17.6 Å². The van der Waals surface area contributed by atoms with Crippen molar-refractivity contribution in [3.63, 3.8) is 0 Å². The van der Waals surface area contributed by atoms with Gasteiger partial charge in [-0.2, -0.15) is 9.97 Å². The molecule has 3 aromatic heterocycles. The molecule has 0 amide bonds. The number of nitrogen functional groups attached to an aromatic ring is 2. The van der Waals surface area contributed by atoms with Crippen molar-refractivity contribution < 1.29 is 0 Å². The molecule has 10 nitrogen and oxygen atoms in total. The van der Waals surface area contributed by atoms with Gasteiger partial charge in [-0.25, -0.2) is 14.3 Å². The van der Waals surface area contributed by atoms with E-state index in [-0.39, 0.29) is 28.1 Å². The highest BCUT2D eigenvalue weighted by Crippen LogP contribution is 2.29. The third kappa shape index (κ3) is 4.49. The Morgan fingerprint density at radius 1 is 1.00 bits per heavy atom. The molecule has 0 bridgehead atoms. The Morgan fingerprint density at radius 3 is 2.53 bits per heavy atom. The van der Waals surface area contributed by atoms with Gasteiger partial charge in [0, 0.05) is 30.8 Å². The topological polar surface area (TPSA) is 141 Å². The van der Waals surface area contributed by atoms with E-state index in [1.54, 1.807) is 24.4 Å². The molecule has 0 saturated carbocycles. The van der Waals surface area contributed by atoms with E-state index < -0.39 is 5.69 Å². The number of nitrogens with zero attached hydrogens (tertiary/aromatic N) is 6. The minimum Gasteiger partial charge on any atom is -0.397 e. The summed E-state index contributed by atoms with van der Waals surface area (Å²) in [6.07, 6.45) is 3.29. The number of nitrogens with one attached hydrogen (secondary N) is 1. The van der Waals surface area contributed by atoms with Crippen molar-refractivity contribution in [3.8, 4) is 5.69 Å². The van der Waals surface area contributed by atoms with Gasteiger partial charge in [0.2, 0.25) is 5.95 Å². The van der Waals surface area contributed by atoms with E-state index in [1.165, 1.54) is 6.20 Å². The molecule has 0 unspecified atom stereocenters. The van der Waals surface area contributed by atoms with Gasteiger partial charge in [0.15, 0.2) is 5.65 Å². The fraction of sp³-hybridized carbons (Fsp3) is 0.0800. The van der Waals surface area contributed by atoms with Crippen LogP contribution in [0.1, 0.15) is 5.69 Å². The Balaban J connectivity index is 1.39. The van der Waals surface area contributed by atoms with Gasteiger partial charge in [-0.3, -0.25) is 4.98 Å². The Morgan fingerprint density at radius 2 is 1.81 bits per heavy atom. The van der Waals surface area contributed by atoms with Gasteiger partial charge >= 0.3 is 5.69 Å². The van der Waals surface area contributed by atoms with Crippen LogP contribution in [-0.4, -0.2) is 31.6 Å². The molecule has 0 atom stereocenters. The Hall–Kier alpha value is -4.70. The number of aromatic nitrogens is 5. The molecule has 36 heavy (non-hydrogen) atoms. The molecule has 0 saturated heterocycles. The van der Waals surface area contributed by atoms with E-state index >= 15 is 0 Å². The average molecular weight is 500 g/mol. The van der Waals surface area contributed by atoms with Crippen molar-refractivity contribution >= 4 is 51.5 Å². The summed E-state index contributed by atoms with van der Waals surface area (Å²) in [5, 5.41) is 3.80. The second-order valence-corrected chi connectivity index (χ2v) is 8.48. The minimum atomic E-state index is -0.648. The summed E-state index contributed by atoms with van der Waals surface area (Å²) in [5.41, 5.74) is 15.2. The lowest BCUT2D eigenvalue weighted by Gasteiger charge is -2.19. The molecule has 0 aliphatic heterocycles. The third-order valence-corrected chi connectivity index (χ3v) is 5.91. The lowest BCUT2D eigenvalue weighted by molar-refractivity contribution is 0.885. The summed E-state index contributed by atoms with van der Waals surface area (Å²) < 4.78 is 1.16. The molecule has 0 fully saturated rings. The second-order valence-electron chi connectivity index (χ2n) is 8.07. The van der Waals surface area contributed by atoms with Gasteiger partial charge in [0.25, 0.3) is 0 Å². The SMILES string of the molecule is CN(Cc1ccccn1)c1ccc(Nc2ncc3c(N)n(-c4c(N)cccc4Cl)c(=O)nc3n2)cc1. The Labute approximate surface area is 211 Å². The quantitative estimate of drug-likeness (QED) is 0.297. The van der Waals surface area contributed by atoms with Crippen LogP contribution in [0, 0.1) is 0 Å². The molecule has 0 aliphatic rings. The maximum Gasteiger partial charge on any atom is 0.355 e. The fourth-order valence-corrected chi connectivity index (χ4v) is 4.07. The first-order chi connectivity index (χ1) is 17.4. The van der Waals surface area contributed by atoms with Gasteiger partial charge < -0.3 is 21.7 Å². The molecule has 5 N–H and O–H groups in total. The summed E-state index contributed by atoms with van der Waals surface area (Å²) in [4.78, 5) is 32.1. The standard InChI is InChI=1S/C25H22ClN9O/c1-34(14-16-5-2-3-12-29-16)17-10-8-15(9-11-17)31-24-30-13-18-22(28)35(25(36)33-23(18)32-24)21-19(26)6-4-7-20(21)27/h2-13H,14,27-28H2,1H3,(H,31,32,33,36). The van der Waals surface area contributed by atoms with Crippen LogP contribution in [-0.2, 0) is 6.54 Å². The van der Waals surface area contributed by atoms with E-state index in [0.717, 1.165) is 21.6 Å². The number of halogens is 1. The predicted molar refractivity (Wildman–Crippen MR) is 143 cm³/mol. The van der Waals surface area contributed by atoms with Gasteiger partial charge in [-0.05, 0) is 48.5 Å². The van der Waals surface area contributed by atoms with E-state index in [2.05, 4.69) is 30.2 Å². The highest BCUT2D eigenvalue weighted by atomic mass is 35.5. The molecular weight excluding hydrogens is 478 g/mol. The van der Waals surface area contributed by atoms with Gasteiger partial charge in [0.1, 0.15) is 5.82 Å². The highest BCUT2D eigenvalue weighted by Gasteiger charge is 2.17. The van der Waals surface area contributed by atoms with E-state index in [1.807, 2.05) is 49.5 Å². The van der Waals surface area contributed by atoms with Gasteiger partial charge in [0.05, 0.1) is 34.0 Å². The van der Waals surface area contributed by atoms with Gasteiger partial charge in [-0.1, -0.05) is 23.7 Å². The number of nitrogens with two attached hydrogens (primary N) is 2. The summed E-state index contributed by atoms with van der Waals surface area (Å²) >= 11 is 6.28. The van der Waals surface area contributed by atoms with E-state index in [9.17, 15) is 4.79 Å². The molecular formula is C25H22ClN9O. The molecule has 180 valence electrons. The lowest BCUT2D eigenvalue weighted by atomic mass is 10.2. The maximum absolute atomic E-state index is 12.8. The van der Waals surface area contributed by atoms with Crippen molar-refractivity contribution in [1.82, 2.24) is 24.5 Å². The van der Waals surface area contributed by atoms with Crippen LogP contribution in [0.25, 0.3) is 16.7 Å². The number of pyridine rings is 1. The predicted octanol–water partition coefficient (Wildman–Crippen LogP) is 3.77. The first-order valence-electron chi connectivity index (χ1n) is 11.0. The third-order valence-electron chi connectivity index (χ3n) is 5.61. The number of hydrogen-bond donors (Lipinski definition) is 3. The summed E-state index contributed by atoms with van der Waals surface area (Å²) in [7, 11) is 2.00. The Bertz CT molecular complexity index is 1580. The smallest absolute Gasteiger partial charge is 0.355 e. The van der Waals surface area contributed by atoms with Crippen molar-refractivity contribution in [2.45, 2.75) is 6.54 Å². The molecule has 0 aliphatic carbocycles. The van der Waals surface area contributed by atoms with E-state index in [4.69, 9.17) is 23.1 Å². The number of para-hydroxylation sites is 1. The normalized spacial score (nSPS) is 10.9. The maximum atomic E-state index is 12.8. The number of fused-ring (bicyclic) bond motifs is 1. The highest BCUT2D eigenvalue weighted by molar-refractivity contribution is 6.33. The van der Waals surface area contributed by atoms with Gasteiger partial charge in [-0.15, -0.1) is 0 Å². The fourth-order valence-electron chi connectivity index (χ4n) is 3.80. The number of anilines is 5. The molecule has 2 aromatic carbocycles. The zero-order chi connectivity index (χ0) is 25.2. The lowest BCUT2D eigenvalue weighted by Crippen LogP contribution is -2.25. The zero-order valence-corrected chi connectivity index (χ0v) is 20.0. The van der Waals surface area contributed by atoms with Crippen LogP contribution < -0.4 is 27.4 Å². The first kappa shape index (κ1) is 23.1. The monoisotopic (exact) mass is 499 g/mol. The molecule has 3 heterocycles. The first-order valence-corrected chi connectivity index (χ1v) is 11.4. The molecule has 0 radical (unpaired) electrons. The van der Waals surface area contributed by atoms with Crippen molar-refractivity contribution in [3.05, 3.63) is 94.3 Å². The van der Waals surface area contributed by atoms with Crippen LogP contribution in [0.4, 0.5) is 28.8 Å². The summed E-state index contributed by atoms with van der Waals surface area (Å²) in [6.45, 7) is 0.686. The second kappa shape index (κ2) is 9.51. The van der Waals surface area contributed by atoms with Crippen LogP contribution in [0.2, 0.25) is 5.02 Å². The minimum absolute atomic E-state index is 0.0941. The largest absolute Gasteiger partial charge is 0.397 e. The van der Waals surface area contributed by atoms with Crippen LogP contribution in [0.3, 0.4) is 0 Å². The molecule has 5 aromatic rings. The number of hydrogen-bond acceptors (Lipinski definition) is 9. The summed E-state index contributed by atoms with van der Waals surface area (Å²) in [5.74, 6) is 0.370. The zero-order valence-electron chi connectivity index (χ0n) is 19.3. The van der Waals surface area contributed by atoms with Crippen molar-refractivity contribution in [2.24, 2.45) is 0 Å². The van der Waals surface area contributed by atoms with Crippen molar-refractivity contribution in [1.29, 1.82) is 0 Å². The summed E-state index contributed by atoms with van der Waals surface area (Å²) in [6, 6.07) is 18.6.